The number of aliphatic imine (C=N–C) groups is 1. The van der Waals surface area contributed by atoms with Gasteiger partial charge in [-0.3, -0.25) is 4.79 Å². The molecule has 1 aliphatic heterocycles. The lowest BCUT2D eigenvalue weighted by Crippen LogP contribution is -2.29. The first-order valence-corrected chi connectivity index (χ1v) is 12.7. The van der Waals surface area contributed by atoms with E-state index in [4.69, 9.17) is 11.0 Å². The van der Waals surface area contributed by atoms with E-state index in [0.29, 0.717) is 29.8 Å². The third-order valence-electron chi connectivity index (χ3n) is 5.81. The van der Waals surface area contributed by atoms with E-state index in [2.05, 4.69) is 48.6 Å². The van der Waals surface area contributed by atoms with E-state index in [0.717, 1.165) is 35.5 Å². The Morgan fingerprint density at radius 1 is 1.26 bits per heavy atom. The Morgan fingerprint density at radius 3 is 2.60 bits per heavy atom. The van der Waals surface area contributed by atoms with E-state index in [1.54, 1.807) is 6.20 Å². The number of nitriles is 1. The van der Waals surface area contributed by atoms with Crippen LogP contribution in [0.3, 0.4) is 0 Å². The van der Waals surface area contributed by atoms with E-state index >= 15 is 0 Å². The fraction of sp³-hybridized carbons (Fsp3) is 0.423. The lowest BCUT2D eigenvalue weighted by atomic mass is 9.95. The van der Waals surface area contributed by atoms with Gasteiger partial charge in [-0.05, 0) is 48.6 Å². The van der Waals surface area contributed by atoms with E-state index in [1.165, 1.54) is 19.3 Å². The van der Waals surface area contributed by atoms with Gasteiger partial charge in [-0.1, -0.05) is 33.1 Å². The highest BCUT2D eigenvalue weighted by atomic mass is 32.2. The van der Waals surface area contributed by atoms with Crippen molar-refractivity contribution in [3.8, 4) is 19.4 Å². The van der Waals surface area contributed by atoms with Crippen LogP contribution in [0.25, 0.3) is 0 Å². The molecule has 4 rings (SSSR count). The maximum atomic E-state index is 12.7. The number of pyridine rings is 1. The fourth-order valence-corrected chi connectivity index (χ4v) is 5.87. The molecule has 2 aliphatic rings. The van der Waals surface area contributed by atoms with Gasteiger partial charge in [0.2, 0.25) is 0 Å². The monoisotopic (exact) mass is 494 g/mol. The minimum atomic E-state index is -1.14. The van der Waals surface area contributed by atoms with Crippen LogP contribution < -0.4 is 16.6 Å². The van der Waals surface area contributed by atoms with Crippen molar-refractivity contribution >= 4 is 28.2 Å². The quantitative estimate of drug-likeness (QED) is 0.317. The van der Waals surface area contributed by atoms with Gasteiger partial charge in [-0.15, -0.1) is 12.8 Å². The molecule has 9 heteroatoms. The molecule has 35 heavy (non-hydrogen) atoms. The van der Waals surface area contributed by atoms with E-state index in [1.807, 2.05) is 28.6 Å². The van der Waals surface area contributed by atoms with Crippen molar-refractivity contribution in [3.63, 3.8) is 0 Å². The molecule has 1 aromatic carbocycles. The van der Waals surface area contributed by atoms with Gasteiger partial charge in [0.1, 0.15) is 22.4 Å². The predicted octanol–water partition coefficient (Wildman–Crippen LogP) is 4.04. The second kappa shape index (κ2) is 13.5. The smallest absolute Gasteiger partial charge is 0.261 e. The van der Waals surface area contributed by atoms with Gasteiger partial charge in [0.15, 0.2) is 0 Å². The van der Waals surface area contributed by atoms with E-state index in [9.17, 15) is 9.00 Å². The minimum Gasteiger partial charge on any atom is -0.383 e. The second-order valence-corrected chi connectivity index (χ2v) is 10.3. The van der Waals surface area contributed by atoms with Gasteiger partial charge in [0.05, 0.1) is 16.3 Å². The number of hydrogen-bond acceptors (Lipinski definition) is 5. The number of terminal acetylenes is 1. The Hall–Kier alpha value is -3.40. The summed E-state index contributed by atoms with van der Waals surface area (Å²) in [6, 6.07) is 7.79. The Bertz CT molecular complexity index is 1140. The Kier molecular flexibility index (Phi) is 10.7. The first kappa shape index (κ1) is 27.8. The number of H-pyrrole nitrogens is 1. The van der Waals surface area contributed by atoms with Crippen LogP contribution >= 0.6 is 0 Å². The molecule has 0 bridgehead atoms. The predicted molar refractivity (Wildman–Crippen MR) is 143 cm³/mol. The molecule has 1 unspecified atom stereocenters. The standard InChI is InChI=1S/C23H31N5O2S.C2H2.CHN/c1-15(2)13-28-14-16-12-18(8-9-20(16)31(28)30)27-22(24)21-19(10-11-25-23(21)29)26-17-6-4-3-5-7-17;2*1-2/h8-12,15,17H,3-7,13-14H2,1-2H3,(H2,24,27)(H2,25,26,29);1-2H;1H. The summed E-state index contributed by atoms with van der Waals surface area (Å²) in [6.07, 6.45) is 15.5. The molecule has 2 heterocycles. The third kappa shape index (κ3) is 7.05. The molecule has 1 saturated carbocycles. The molecule has 2 aromatic rings. The van der Waals surface area contributed by atoms with Crippen LogP contribution in [0.15, 0.2) is 45.1 Å². The topological polar surface area (TPSA) is 127 Å². The van der Waals surface area contributed by atoms with Crippen molar-refractivity contribution in [1.29, 1.82) is 5.26 Å². The number of nitrogens with two attached hydrogens (primary N) is 1. The number of aromatic amines is 1. The zero-order valence-corrected chi connectivity index (χ0v) is 21.2. The molecule has 1 aromatic heterocycles. The van der Waals surface area contributed by atoms with Crippen LogP contribution in [0.5, 0.6) is 0 Å². The van der Waals surface area contributed by atoms with Crippen LogP contribution in [0.2, 0.25) is 0 Å². The molecule has 0 radical (unpaired) electrons. The summed E-state index contributed by atoms with van der Waals surface area (Å²) in [7, 11) is -1.14. The lowest BCUT2D eigenvalue weighted by molar-refractivity contribution is 0.396. The number of aromatic nitrogens is 1. The Morgan fingerprint density at radius 2 is 1.94 bits per heavy atom. The fourth-order valence-electron chi connectivity index (χ4n) is 4.37. The first-order valence-electron chi connectivity index (χ1n) is 11.6. The molecular weight excluding hydrogens is 460 g/mol. The number of nitrogens with one attached hydrogen (secondary N) is 2. The normalized spacial score (nSPS) is 18.0. The molecule has 0 amide bonds. The lowest BCUT2D eigenvalue weighted by Gasteiger charge is -2.24. The van der Waals surface area contributed by atoms with Crippen LogP contribution in [0, 0.1) is 30.6 Å². The number of hydrogen-bond donors (Lipinski definition) is 3. The summed E-state index contributed by atoms with van der Waals surface area (Å²) in [5, 5.41) is 10.0. The highest BCUT2D eigenvalue weighted by Gasteiger charge is 2.27. The van der Waals surface area contributed by atoms with Gasteiger partial charge in [0.25, 0.3) is 5.56 Å². The molecule has 1 fully saturated rings. The molecule has 8 nitrogen and oxygen atoms in total. The molecule has 4 N–H and O–H groups in total. The summed E-state index contributed by atoms with van der Waals surface area (Å²) < 4.78 is 14.7. The van der Waals surface area contributed by atoms with Gasteiger partial charge >= 0.3 is 0 Å². The summed E-state index contributed by atoms with van der Waals surface area (Å²) in [5.41, 5.74) is 8.81. The van der Waals surface area contributed by atoms with Crippen molar-refractivity contribution in [2.75, 3.05) is 11.9 Å². The third-order valence-corrected chi connectivity index (χ3v) is 7.34. The zero-order valence-electron chi connectivity index (χ0n) is 20.4. The maximum absolute atomic E-state index is 12.7. The molecule has 186 valence electrons. The van der Waals surface area contributed by atoms with Crippen LogP contribution in [0.4, 0.5) is 11.4 Å². The van der Waals surface area contributed by atoms with Gasteiger partial charge < -0.3 is 16.0 Å². The number of benzene rings is 1. The molecule has 1 aliphatic carbocycles. The van der Waals surface area contributed by atoms with Crippen LogP contribution in [-0.4, -0.2) is 31.9 Å². The van der Waals surface area contributed by atoms with E-state index < -0.39 is 11.0 Å². The highest BCUT2D eigenvalue weighted by molar-refractivity contribution is 7.83. The second-order valence-electron chi connectivity index (χ2n) is 8.83. The number of nitrogens with zero attached hydrogens (tertiary/aromatic N) is 3. The summed E-state index contributed by atoms with van der Waals surface area (Å²) in [6.45, 7) is 9.14. The summed E-state index contributed by atoms with van der Waals surface area (Å²) in [4.78, 5) is 20.7. The van der Waals surface area contributed by atoms with Gasteiger partial charge in [0, 0.05) is 31.9 Å². The number of fused-ring (bicyclic) bond motifs is 1. The zero-order chi connectivity index (χ0) is 26.0. The average Bonchev–Trinajstić information content (AvgIpc) is 3.16. The largest absolute Gasteiger partial charge is 0.383 e. The van der Waals surface area contributed by atoms with Crippen molar-refractivity contribution in [1.82, 2.24) is 9.29 Å². The van der Waals surface area contributed by atoms with Gasteiger partial charge in [-0.2, -0.15) is 0 Å². The average molecular weight is 495 g/mol. The van der Waals surface area contributed by atoms with Gasteiger partial charge in [-0.25, -0.2) is 18.8 Å². The Balaban J connectivity index is 0.00000103. The maximum Gasteiger partial charge on any atom is 0.261 e. The van der Waals surface area contributed by atoms with Crippen LogP contribution in [-0.2, 0) is 17.5 Å². The van der Waals surface area contributed by atoms with Crippen molar-refractivity contribution in [2.24, 2.45) is 16.6 Å². The molecule has 0 saturated heterocycles. The number of anilines is 1. The molecule has 0 spiro atoms. The highest BCUT2D eigenvalue weighted by Crippen LogP contribution is 2.31. The van der Waals surface area contributed by atoms with Crippen molar-refractivity contribution in [2.45, 2.75) is 63.4 Å². The SMILES string of the molecule is C#C.C#N.CC(C)CN1Cc2cc(N=C(N)c3c(NC4CCCCC4)cc[nH]c3=O)ccc2S1=O. The van der Waals surface area contributed by atoms with E-state index in [-0.39, 0.29) is 11.4 Å². The van der Waals surface area contributed by atoms with Crippen molar-refractivity contribution < 1.29 is 4.21 Å². The van der Waals surface area contributed by atoms with Crippen LogP contribution in [0.1, 0.15) is 57.1 Å². The first-order chi connectivity index (χ1) is 16.9. The molecular formula is C26H34N6O2S. The van der Waals surface area contributed by atoms with Crippen molar-refractivity contribution in [3.05, 3.63) is 51.9 Å². The number of rotatable bonds is 6. The summed E-state index contributed by atoms with van der Waals surface area (Å²) in [5.74, 6) is 0.615. The summed E-state index contributed by atoms with van der Waals surface area (Å²) >= 11 is 0. The Labute approximate surface area is 210 Å². The molecule has 1 atom stereocenters. The minimum absolute atomic E-state index is 0.179. The number of amidine groups is 1.